The van der Waals surface area contributed by atoms with Crippen LogP contribution in [0.2, 0.25) is 10.0 Å². The predicted molar refractivity (Wildman–Crippen MR) is 80.3 cm³/mol. The van der Waals surface area contributed by atoms with Crippen LogP contribution in [0.5, 0.6) is 5.75 Å². The number of hydrogen-bond acceptors (Lipinski definition) is 1. The Kier molecular flexibility index (Phi) is 3.20. The molecule has 2 aromatic carbocycles. The molecule has 0 spiro atoms. The van der Waals surface area contributed by atoms with Crippen LogP contribution in [0, 0.1) is 0 Å². The number of aromatic hydroxyl groups is 1. The minimum Gasteiger partial charge on any atom is -0.505 e. The van der Waals surface area contributed by atoms with E-state index in [1.807, 2.05) is 0 Å². The molecule has 1 atom stereocenters. The van der Waals surface area contributed by atoms with Crippen LogP contribution >= 0.6 is 23.2 Å². The van der Waals surface area contributed by atoms with Crippen LogP contribution < -0.4 is 0 Å². The lowest BCUT2D eigenvalue weighted by Crippen LogP contribution is -1.87. The Hall–Kier alpha value is -1.18. The smallest absolute Gasteiger partial charge is 0.152 e. The normalized spacial score (nSPS) is 17.5. The molecule has 0 heterocycles. The summed E-state index contributed by atoms with van der Waals surface area (Å²) >= 11 is 12.0. The first-order valence-electron chi connectivity index (χ1n) is 6.37. The third-order valence-corrected chi connectivity index (χ3v) is 4.45. The van der Waals surface area contributed by atoms with Crippen molar-refractivity contribution >= 4 is 23.2 Å². The number of fused-ring (bicyclic) bond motifs is 1. The summed E-state index contributed by atoms with van der Waals surface area (Å²) in [4.78, 5) is 0. The van der Waals surface area contributed by atoms with Crippen molar-refractivity contribution in [2.45, 2.75) is 25.7 Å². The van der Waals surface area contributed by atoms with Crippen molar-refractivity contribution in [3.05, 3.63) is 51.5 Å². The zero-order valence-corrected chi connectivity index (χ0v) is 12.1. The van der Waals surface area contributed by atoms with Crippen LogP contribution in [0.15, 0.2) is 30.3 Å². The van der Waals surface area contributed by atoms with Crippen molar-refractivity contribution in [1.82, 2.24) is 0 Å². The summed E-state index contributed by atoms with van der Waals surface area (Å²) in [7, 11) is 0. The predicted octanol–water partition coefficient (Wildman–Crippen LogP) is 5.42. The Morgan fingerprint density at radius 1 is 1.05 bits per heavy atom. The summed E-state index contributed by atoms with van der Waals surface area (Å²) in [5.74, 6) is 0.595. The van der Waals surface area contributed by atoms with E-state index >= 15 is 0 Å². The fraction of sp³-hybridized carbons (Fsp3) is 0.250. The van der Waals surface area contributed by atoms with Crippen molar-refractivity contribution in [2.24, 2.45) is 0 Å². The molecule has 0 amide bonds. The summed E-state index contributed by atoms with van der Waals surface area (Å²) in [5, 5.41) is 10.2. The van der Waals surface area contributed by atoms with Gasteiger partial charge in [-0.2, -0.15) is 0 Å². The standard InChI is InChI=1S/C16H14Cl2O/c1-9-2-3-11-6-10(4-5-13(9)11)12-7-14(17)16(19)15(18)8-12/h4-9,19H,2-3H2,1H3. The van der Waals surface area contributed by atoms with E-state index in [1.165, 1.54) is 17.5 Å². The highest BCUT2D eigenvalue weighted by molar-refractivity contribution is 6.37. The first-order valence-corrected chi connectivity index (χ1v) is 7.13. The molecule has 1 aliphatic rings. The third kappa shape index (κ3) is 2.22. The van der Waals surface area contributed by atoms with Gasteiger partial charge in [-0.05, 0) is 53.1 Å². The molecule has 0 saturated carbocycles. The third-order valence-electron chi connectivity index (χ3n) is 3.87. The number of rotatable bonds is 1. The highest BCUT2D eigenvalue weighted by Gasteiger charge is 2.19. The maximum absolute atomic E-state index is 9.60. The number of benzene rings is 2. The maximum atomic E-state index is 9.60. The van der Waals surface area contributed by atoms with Crippen LogP contribution in [-0.4, -0.2) is 5.11 Å². The Balaban J connectivity index is 2.08. The fourth-order valence-corrected chi connectivity index (χ4v) is 3.23. The van der Waals surface area contributed by atoms with Gasteiger partial charge in [-0.1, -0.05) is 48.3 Å². The van der Waals surface area contributed by atoms with Gasteiger partial charge in [0.05, 0.1) is 10.0 Å². The van der Waals surface area contributed by atoms with E-state index in [2.05, 4.69) is 25.1 Å². The van der Waals surface area contributed by atoms with Crippen molar-refractivity contribution in [3.63, 3.8) is 0 Å². The Morgan fingerprint density at radius 3 is 2.42 bits per heavy atom. The quantitative estimate of drug-likeness (QED) is 0.744. The second-order valence-corrected chi connectivity index (χ2v) is 5.96. The topological polar surface area (TPSA) is 20.2 Å². The second-order valence-electron chi connectivity index (χ2n) is 5.14. The molecule has 19 heavy (non-hydrogen) atoms. The van der Waals surface area contributed by atoms with Crippen molar-refractivity contribution in [2.75, 3.05) is 0 Å². The average Bonchev–Trinajstić information content (AvgIpc) is 2.76. The summed E-state index contributed by atoms with van der Waals surface area (Å²) in [6, 6.07) is 10.0. The highest BCUT2D eigenvalue weighted by Crippen LogP contribution is 2.39. The van der Waals surface area contributed by atoms with E-state index < -0.39 is 0 Å². The molecule has 2 aromatic rings. The number of phenols is 1. The molecule has 0 fully saturated rings. The monoisotopic (exact) mass is 292 g/mol. The van der Waals surface area contributed by atoms with Gasteiger partial charge >= 0.3 is 0 Å². The molecule has 98 valence electrons. The van der Waals surface area contributed by atoms with Gasteiger partial charge in [-0.25, -0.2) is 0 Å². The fourth-order valence-electron chi connectivity index (χ4n) is 2.74. The molecule has 0 radical (unpaired) electrons. The summed E-state index contributed by atoms with van der Waals surface area (Å²) in [6.45, 7) is 2.26. The van der Waals surface area contributed by atoms with E-state index in [9.17, 15) is 5.11 Å². The molecular formula is C16H14Cl2O. The Morgan fingerprint density at radius 2 is 1.74 bits per heavy atom. The zero-order valence-electron chi connectivity index (χ0n) is 10.6. The number of phenolic OH excluding ortho intramolecular Hbond substituents is 1. The number of hydrogen-bond donors (Lipinski definition) is 1. The van der Waals surface area contributed by atoms with E-state index in [1.54, 1.807) is 12.1 Å². The molecule has 1 nitrogen and oxygen atoms in total. The molecule has 0 saturated heterocycles. The van der Waals surface area contributed by atoms with Crippen molar-refractivity contribution in [1.29, 1.82) is 0 Å². The van der Waals surface area contributed by atoms with Crippen LogP contribution in [0.25, 0.3) is 11.1 Å². The number of aryl methyl sites for hydroxylation is 1. The molecule has 0 bridgehead atoms. The first-order chi connectivity index (χ1) is 9.06. The molecule has 3 rings (SSSR count). The van der Waals surface area contributed by atoms with Gasteiger partial charge < -0.3 is 5.11 Å². The Labute approximate surface area is 122 Å². The van der Waals surface area contributed by atoms with Gasteiger partial charge in [0.2, 0.25) is 0 Å². The lowest BCUT2D eigenvalue weighted by molar-refractivity contribution is 0.476. The zero-order chi connectivity index (χ0) is 13.6. The molecule has 3 heteroatoms. The lowest BCUT2D eigenvalue weighted by atomic mass is 9.98. The maximum Gasteiger partial charge on any atom is 0.152 e. The minimum atomic E-state index is -0.0538. The minimum absolute atomic E-state index is 0.0538. The van der Waals surface area contributed by atoms with Crippen LogP contribution in [0.3, 0.4) is 0 Å². The van der Waals surface area contributed by atoms with E-state index in [0.29, 0.717) is 5.92 Å². The van der Waals surface area contributed by atoms with Crippen molar-refractivity contribution < 1.29 is 5.11 Å². The Bertz CT molecular complexity index is 626. The summed E-state index contributed by atoms with van der Waals surface area (Å²) in [6.07, 6.45) is 2.35. The highest BCUT2D eigenvalue weighted by atomic mass is 35.5. The summed E-state index contributed by atoms with van der Waals surface area (Å²) in [5.41, 5.74) is 4.89. The van der Waals surface area contributed by atoms with Gasteiger partial charge in [0, 0.05) is 0 Å². The van der Waals surface area contributed by atoms with E-state index in [-0.39, 0.29) is 15.8 Å². The van der Waals surface area contributed by atoms with Gasteiger partial charge in [-0.3, -0.25) is 0 Å². The average molecular weight is 293 g/mol. The van der Waals surface area contributed by atoms with Crippen LogP contribution in [0.4, 0.5) is 0 Å². The SMILES string of the molecule is CC1CCc2cc(-c3cc(Cl)c(O)c(Cl)c3)ccc21. The van der Waals surface area contributed by atoms with E-state index in [4.69, 9.17) is 23.2 Å². The molecule has 1 unspecified atom stereocenters. The first kappa shape index (κ1) is 12.8. The molecule has 1 aliphatic carbocycles. The van der Waals surface area contributed by atoms with Gasteiger partial charge in [0.15, 0.2) is 5.75 Å². The van der Waals surface area contributed by atoms with Gasteiger partial charge in [0.1, 0.15) is 0 Å². The molecule has 0 aliphatic heterocycles. The van der Waals surface area contributed by atoms with Crippen LogP contribution in [0.1, 0.15) is 30.4 Å². The molecule has 1 N–H and O–H groups in total. The van der Waals surface area contributed by atoms with E-state index in [0.717, 1.165) is 17.5 Å². The lowest BCUT2D eigenvalue weighted by Gasteiger charge is -2.09. The molecule has 0 aromatic heterocycles. The number of halogens is 2. The summed E-state index contributed by atoms with van der Waals surface area (Å²) < 4.78 is 0. The molecular weight excluding hydrogens is 279 g/mol. The van der Waals surface area contributed by atoms with Gasteiger partial charge in [-0.15, -0.1) is 0 Å². The van der Waals surface area contributed by atoms with Crippen LogP contribution in [-0.2, 0) is 6.42 Å². The largest absolute Gasteiger partial charge is 0.505 e. The second kappa shape index (κ2) is 4.73. The van der Waals surface area contributed by atoms with Crippen molar-refractivity contribution in [3.8, 4) is 16.9 Å². The van der Waals surface area contributed by atoms with Gasteiger partial charge in [0.25, 0.3) is 0 Å².